The van der Waals surface area contributed by atoms with Crippen LogP contribution in [-0.4, -0.2) is 57.3 Å². The first-order valence-electron chi connectivity index (χ1n) is 9.49. The van der Waals surface area contributed by atoms with E-state index in [9.17, 15) is 13.2 Å². The van der Waals surface area contributed by atoms with Gasteiger partial charge < -0.3 is 9.47 Å². The highest BCUT2D eigenvalue weighted by Crippen LogP contribution is 2.39. The van der Waals surface area contributed by atoms with E-state index in [2.05, 4.69) is 10.2 Å². The molecule has 150 valence electrons. The number of hydrogen-bond donors (Lipinski definition) is 0. The zero-order chi connectivity index (χ0) is 19.7. The average molecular weight is 421 g/mol. The Morgan fingerprint density at radius 2 is 1.96 bits per heavy atom. The van der Waals surface area contributed by atoms with Gasteiger partial charge in [0.1, 0.15) is 5.82 Å². The molecule has 1 saturated carbocycles. The predicted molar refractivity (Wildman–Crippen MR) is 108 cm³/mol. The van der Waals surface area contributed by atoms with Gasteiger partial charge in [-0.1, -0.05) is 42.1 Å². The van der Waals surface area contributed by atoms with Crippen molar-refractivity contribution in [2.75, 3.05) is 17.3 Å². The number of carbonyl (C=O) groups excluding carboxylic acids is 1. The summed E-state index contributed by atoms with van der Waals surface area (Å²) in [7, 11) is -1.13. The molecule has 2 aromatic rings. The van der Waals surface area contributed by atoms with Crippen LogP contribution in [0.4, 0.5) is 0 Å². The van der Waals surface area contributed by atoms with Crippen LogP contribution in [0.3, 0.4) is 0 Å². The van der Waals surface area contributed by atoms with E-state index >= 15 is 0 Å². The lowest BCUT2D eigenvalue weighted by atomic mass is 10.1. The molecule has 0 N–H and O–H groups in total. The number of benzene rings is 1. The summed E-state index contributed by atoms with van der Waals surface area (Å²) < 4.78 is 25.9. The number of sulfone groups is 1. The van der Waals surface area contributed by atoms with E-state index in [0.29, 0.717) is 18.9 Å². The van der Waals surface area contributed by atoms with Crippen molar-refractivity contribution < 1.29 is 13.2 Å². The number of aromatic nitrogens is 3. The average Bonchev–Trinajstić information content (AvgIpc) is 3.36. The van der Waals surface area contributed by atoms with Crippen molar-refractivity contribution in [3.8, 4) is 0 Å². The van der Waals surface area contributed by atoms with Crippen molar-refractivity contribution in [1.29, 1.82) is 0 Å². The molecule has 1 amide bonds. The third kappa shape index (κ3) is 4.41. The lowest BCUT2D eigenvalue weighted by Crippen LogP contribution is -2.41. The summed E-state index contributed by atoms with van der Waals surface area (Å²) in [4.78, 5) is 14.8. The van der Waals surface area contributed by atoms with Crippen LogP contribution in [0, 0.1) is 0 Å². The highest BCUT2D eigenvalue weighted by atomic mass is 32.2. The van der Waals surface area contributed by atoms with Crippen molar-refractivity contribution in [3.05, 3.63) is 41.7 Å². The molecule has 1 atom stereocenters. The molecular weight excluding hydrogens is 396 g/mol. The fourth-order valence-electron chi connectivity index (χ4n) is 3.58. The van der Waals surface area contributed by atoms with Crippen molar-refractivity contribution in [2.45, 2.75) is 42.9 Å². The van der Waals surface area contributed by atoms with Crippen molar-refractivity contribution in [1.82, 2.24) is 19.7 Å². The smallest absolute Gasteiger partial charge is 0.233 e. The van der Waals surface area contributed by atoms with Crippen molar-refractivity contribution in [3.63, 3.8) is 0 Å². The minimum Gasteiger partial charge on any atom is -0.334 e. The van der Waals surface area contributed by atoms with Gasteiger partial charge in [0.05, 0.1) is 17.3 Å². The zero-order valence-electron chi connectivity index (χ0n) is 15.8. The lowest BCUT2D eigenvalue weighted by Gasteiger charge is -2.28. The topological polar surface area (TPSA) is 85.2 Å². The van der Waals surface area contributed by atoms with E-state index < -0.39 is 9.84 Å². The minimum absolute atomic E-state index is 0.0476. The van der Waals surface area contributed by atoms with Crippen LogP contribution >= 0.6 is 11.8 Å². The highest BCUT2D eigenvalue weighted by molar-refractivity contribution is 7.99. The molecule has 1 saturated heterocycles. The van der Waals surface area contributed by atoms with E-state index in [0.717, 1.165) is 29.4 Å². The molecule has 0 unspecified atom stereocenters. The van der Waals surface area contributed by atoms with Gasteiger partial charge in [-0.3, -0.25) is 4.79 Å². The Morgan fingerprint density at radius 3 is 2.61 bits per heavy atom. The fourth-order valence-corrected chi connectivity index (χ4v) is 6.12. The van der Waals surface area contributed by atoms with Gasteiger partial charge in [-0.05, 0) is 24.8 Å². The molecule has 0 spiro atoms. The molecule has 1 aliphatic carbocycles. The number of nitrogens with zero attached hydrogens (tertiary/aromatic N) is 4. The van der Waals surface area contributed by atoms with Gasteiger partial charge in [-0.2, -0.15) is 0 Å². The monoisotopic (exact) mass is 420 g/mol. The Kier molecular flexibility index (Phi) is 5.46. The second-order valence-electron chi connectivity index (χ2n) is 7.53. The molecule has 1 aromatic heterocycles. The minimum atomic E-state index is -3.07. The molecule has 0 radical (unpaired) electrons. The number of hydrogen-bond acceptors (Lipinski definition) is 6. The Labute approximate surface area is 169 Å². The molecule has 1 aliphatic heterocycles. The van der Waals surface area contributed by atoms with Crippen LogP contribution in [0.1, 0.15) is 36.6 Å². The molecule has 1 aromatic carbocycles. The molecule has 7 nitrogen and oxygen atoms in total. The molecule has 2 aliphatic rings. The number of rotatable bonds is 7. The largest absolute Gasteiger partial charge is 0.334 e. The zero-order valence-corrected chi connectivity index (χ0v) is 17.5. The summed E-state index contributed by atoms with van der Waals surface area (Å²) in [5.74, 6) is 1.84. The van der Waals surface area contributed by atoms with Crippen LogP contribution in [0.25, 0.3) is 0 Å². The summed E-state index contributed by atoms with van der Waals surface area (Å²) >= 11 is 1.37. The number of amides is 1. The van der Waals surface area contributed by atoms with Crippen LogP contribution in [0.15, 0.2) is 35.5 Å². The Morgan fingerprint density at radius 1 is 1.21 bits per heavy atom. The fraction of sp³-hybridized carbons (Fsp3) is 0.526. The van der Waals surface area contributed by atoms with Gasteiger partial charge in [0.25, 0.3) is 0 Å². The van der Waals surface area contributed by atoms with Crippen molar-refractivity contribution >= 4 is 27.5 Å². The molecule has 4 rings (SSSR count). The van der Waals surface area contributed by atoms with Gasteiger partial charge in [-0.25, -0.2) is 8.42 Å². The van der Waals surface area contributed by atoms with Gasteiger partial charge in [-0.15, -0.1) is 10.2 Å². The molecule has 28 heavy (non-hydrogen) atoms. The highest BCUT2D eigenvalue weighted by Gasteiger charge is 2.35. The second kappa shape index (κ2) is 7.87. The van der Waals surface area contributed by atoms with E-state index in [1.165, 1.54) is 11.8 Å². The van der Waals surface area contributed by atoms with Crippen molar-refractivity contribution in [2.24, 2.45) is 7.05 Å². The van der Waals surface area contributed by atoms with Gasteiger partial charge in [0, 0.05) is 25.6 Å². The number of carbonyl (C=O) groups is 1. The SMILES string of the molecule is Cn1c(SCC(=O)N(Cc2ccccc2)[C@H]2CCS(=O)(=O)C2)nnc1C1CC1. The molecule has 9 heteroatoms. The Bertz CT molecular complexity index is 955. The van der Waals surface area contributed by atoms with Gasteiger partial charge in [0.15, 0.2) is 15.0 Å². The van der Waals surface area contributed by atoms with E-state index in [-0.39, 0.29) is 29.2 Å². The predicted octanol–water partition coefficient (Wildman–Crippen LogP) is 2.00. The summed E-state index contributed by atoms with van der Waals surface area (Å²) in [6.07, 6.45) is 2.80. The molecule has 2 fully saturated rings. The third-order valence-electron chi connectivity index (χ3n) is 5.30. The van der Waals surface area contributed by atoms with Crippen LogP contribution in [0.2, 0.25) is 0 Å². The first-order chi connectivity index (χ1) is 13.4. The van der Waals surface area contributed by atoms with E-state index in [1.807, 2.05) is 41.9 Å². The van der Waals surface area contributed by atoms with Gasteiger partial charge >= 0.3 is 0 Å². The maximum atomic E-state index is 13.0. The summed E-state index contributed by atoms with van der Waals surface area (Å²) in [5, 5.41) is 9.21. The Balaban J connectivity index is 1.46. The normalized spacial score (nSPS) is 21.0. The first-order valence-corrected chi connectivity index (χ1v) is 12.3. The van der Waals surface area contributed by atoms with Crippen LogP contribution in [0.5, 0.6) is 0 Å². The molecule has 0 bridgehead atoms. The molecular formula is C19H24N4O3S2. The third-order valence-corrected chi connectivity index (χ3v) is 8.06. The maximum absolute atomic E-state index is 13.0. The van der Waals surface area contributed by atoms with Crippen LogP contribution < -0.4 is 0 Å². The lowest BCUT2D eigenvalue weighted by molar-refractivity contribution is -0.130. The molecule has 2 heterocycles. The van der Waals surface area contributed by atoms with E-state index in [1.54, 1.807) is 4.90 Å². The quantitative estimate of drug-likeness (QED) is 0.637. The van der Waals surface area contributed by atoms with E-state index in [4.69, 9.17) is 0 Å². The first kappa shape index (κ1) is 19.4. The summed E-state index contributed by atoms with van der Waals surface area (Å²) in [5.41, 5.74) is 1.000. The Hall–Kier alpha value is -1.87. The number of thioether (sulfide) groups is 1. The van der Waals surface area contributed by atoms with Crippen LogP contribution in [-0.2, 0) is 28.2 Å². The summed E-state index contributed by atoms with van der Waals surface area (Å²) in [6, 6.07) is 9.44. The second-order valence-corrected chi connectivity index (χ2v) is 10.7. The van der Waals surface area contributed by atoms with Gasteiger partial charge in [0.2, 0.25) is 5.91 Å². The summed E-state index contributed by atoms with van der Waals surface area (Å²) in [6.45, 7) is 0.423. The maximum Gasteiger partial charge on any atom is 0.233 e. The standard InChI is InChI=1S/C19H24N4O3S2/c1-22-18(15-7-8-15)20-21-19(22)27-12-17(24)23(11-14-5-3-2-4-6-14)16-9-10-28(25,26)13-16/h2-6,15-16H,7-13H2,1H3/t16-/m0/s1.